The molecule has 1 amide bonds. The van der Waals surface area contributed by atoms with Crippen LogP contribution < -0.4 is 5.32 Å². The van der Waals surface area contributed by atoms with Crippen molar-refractivity contribution in [2.45, 2.75) is 44.3 Å². The van der Waals surface area contributed by atoms with Crippen LogP contribution in [0.3, 0.4) is 0 Å². The van der Waals surface area contributed by atoms with Crippen molar-refractivity contribution >= 4 is 5.91 Å². The highest BCUT2D eigenvalue weighted by Gasteiger charge is 2.38. The Hall–Kier alpha value is -1.43. The van der Waals surface area contributed by atoms with E-state index in [9.17, 15) is 4.79 Å². The van der Waals surface area contributed by atoms with Gasteiger partial charge in [-0.05, 0) is 26.2 Å². The molecule has 0 radical (unpaired) electrons. The van der Waals surface area contributed by atoms with E-state index in [0.29, 0.717) is 6.04 Å². The Bertz CT molecular complexity index is 453. The number of nitrogens with zero attached hydrogens (tertiary/aromatic N) is 4. The molecule has 2 heterocycles. The average Bonchev–Trinajstić information content (AvgIpc) is 2.95. The molecule has 18 heavy (non-hydrogen) atoms. The third kappa shape index (κ3) is 2.01. The Kier molecular flexibility index (Phi) is 2.81. The third-order valence-corrected chi connectivity index (χ3v) is 3.84. The van der Waals surface area contributed by atoms with Crippen LogP contribution in [0.2, 0.25) is 0 Å². The van der Waals surface area contributed by atoms with Crippen molar-refractivity contribution in [3.63, 3.8) is 0 Å². The Labute approximate surface area is 106 Å². The summed E-state index contributed by atoms with van der Waals surface area (Å²) in [5.74, 6) is 1.05. The molecule has 3 rings (SSSR count). The Morgan fingerprint density at radius 2 is 2.22 bits per heavy atom. The standard InChI is InChI=1S/C12H19N5O/c1-8(11-15-13-7-16(11)2)17-6-5-10(12(17)18)14-9-3-4-9/h7-10,14H,3-6H2,1-2H3. The van der Waals surface area contributed by atoms with E-state index in [2.05, 4.69) is 15.5 Å². The first-order valence-corrected chi connectivity index (χ1v) is 6.57. The summed E-state index contributed by atoms with van der Waals surface area (Å²) in [5.41, 5.74) is 0. The van der Waals surface area contributed by atoms with E-state index >= 15 is 0 Å². The SMILES string of the molecule is CC(c1nncn1C)N1CCC(NC2CC2)C1=O. The maximum atomic E-state index is 12.3. The molecule has 2 aliphatic rings. The van der Waals surface area contributed by atoms with Crippen molar-refractivity contribution in [1.82, 2.24) is 25.0 Å². The zero-order valence-electron chi connectivity index (χ0n) is 10.8. The topological polar surface area (TPSA) is 63.1 Å². The van der Waals surface area contributed by atoms with Gasteiger partial charge >= 0.3 is 0 Å². The highest BCUT2D eigenvalue weighted by atomic mass is 16.2. The molecule has 6 nitrogen and oxygen atoms in total. The van der Waals surface area contributed by atoms with Crippen molar-refractivity contribution in [3.8, 4) is 0 Å². The van der Waals surface area contributed by atoms with Gasteiger partial charge in [0.1, 0.15) is 6.33 Å². The second kappa shape index (κ2) is 4.35. The van der Waals surface area contributed by atoms with Crippen LogP contribution in [0.1, 0.15) is 38.1 Å². The highest BCUT2D eigenvalue weighted by molar-refractivity contribution is 5.84. The van der Waals surface area contributed by atoms with Gasteiger partial charge in [-0.25, -0.2) is 0 Å². The fraction of sp³-hybridized carbons (Fsp3) is 0.750. The second-order valence-corrected chi connectivity index (χ2v) is 5.29. The smallest absolute Gasteiger partial charge is 0.240 e. The van der Waals surface area contributed by atoms with Gasteiger partial charge in [0.05, 0.1) is 12.1 Å². The molecule has 1 aliphatic heterocycles. The Morgan fingerprint density at radius 3 is 2.83 bits per heavy atom. The van der Waals surface area contributed by atoms with Gasteiger partial charge in [-0.15, -0.1) is 10.2 Å². The molecule has 98 valence electrons. The Balaban J connectivity index is 1.69. The predicted molar refractivity (Wildman–Crippen MR) is 65.7 cm³/mol. The van der Waals surface area contributed by atoms with E-state index in [0.717, 1.165) is 18.8 Å². The summed E-state index contributed by atoms with van der Waals surface area (Å²) in [6.07, 6.45) is 5.00. The first-order valence-electron chi connectivity index (χ1n) is 6.57. The number of aromatic nitrogens is 3. The number of carbonyl (C=O) groups is 1. The van der Waals surface area contributed by atoms with Gasteiger partial charge in [0.15, 0.2) is 5.82 Å². The lowest BCUT2D eigenvalue weighted by Crippen LogP contribution is -2.40. The molecule has 2 atom stereocenters. The van der Waals surface area contributed by atoms with E-state index < -0.39 is 0 Å². The summed E-state index contributed by atoms with van der Waals surface area (Å²) < 4.78 is 1.87. The number of rotatable bonds is 4. The van der Waals surface area contributed by atoms with Crippen LogP contribution in [0, 0.1) is 0 Å². The van der Waals surface area contributed by atoms with Gasteiger partial charge in [0.2, 0.25) is 5.91 Å². The lowest BCUT2D eigenvalue weighted by molar-refractivity contribution is -0.131. The molecule has 6 heteroatoms. The zero-order valence-corrected chi connectivity index (χ0v) is 10.8. The number of aryl methyl sites for hydroxylation is 1. The van der Waals surface area contributed by atoms with E-state index in [4.69, 9.17) is 0 Å². The molecule has 1 saturated carbocycles. The summed E-state index contributed by atoms with van der Waals surface area (Å²) in [6, 6.07) is 0.577. The summed E-state index contributed by atoms with van der Waals surface area (Å²) in [5, 5.41) is 11.4. The maximum Gasteiger partial charge on any atom is 0.240 e. The van der Waals surface area contributed by atoms with E-state index in [1.165, 1.54) is 12.8 Å². The molecule has 1 saturated heterocycles. The van der Waals surface area contributed by atoms with Crippen LogP contribution >= 0.6 is 0 Å². The summed E-state index contributed by atoms with van der Waals surface area (Å²) in [4.78, 5) is 14.2. The molecular formula is C12H19N5O. The predicted octanol–water partition coefficient (Wildman–Crippen LogP) is 0.229. The third-order valence-electron chi connectivity index (χ3n) is 3.84. The van der Waals surface area contributed by atoms with Crippen LogP contribution in [-0.2, 0) is 11.8 Å². The van der Waals surface area contributed by atoms with E-state index in [-0.39, 0.29) is 18.0 Å². The number of hydrogen-bond acceptors (Lipinski definition) is 4. The maximum absolute atomic E-state index is 12.3. The first-order chi connectivity index (χ1) is 8.66. The van der Waals surface area contributed by atoms with Gasteiger partial charge in [-0.3, -0.25) is 4.79 Å². The minimum absolute atomic E-state index is 0.00370. The van der Waals surface area contributed by atoms with Gasteiger partial charge in [0.25, 0.3) is 0 Å². The van der Waals surface area contributed by atoms with Crippen LogP contribution in [0.4, 0.5) is 0 Å². The molecule has 2 unspecified atom stereocenters. The summed E-state index contributed by atoms with van der Waals surface area (Å²) >= 11 is 0. The normalized spacial score (nSPS) is 25.8. The van der Waals surface area contributed by atoms with Crippen LogP contribution in [-0.4, -0.2) is 44.2 Å². The van der Waals surface area contributed by atoms with Gasteiger partial charge in [-0.2, -0.15) is 0 Å². The van der Waals surface area contributed by atoms with Gasteiger partial charge in [0, 0.05) is 19.6 Å². The van der Waals surface area contributed by atoms with E-state index in [1.54, 1.807) is 6.33 Å². The van der Waals surface area contributed by atoms with Gasteiger partial charge in [-0.1, -0.05) is 0 Å². The van der Waals surface area contributed by atoms with E-state index in [1.807, 2.05) is 23.4 Å². The van der Waals surface area contributed by atoms with Crippen LogP contribution in [0.15, 0.2) is 6.33 Å². The molecule has 1 aliphatic carbocycles. The second-order valence-electron chi connectivity index (χ2n) is 5.29. The van der Waals surface area contributed by atoms with Crippen molar-refractivity contribution in [2.24, 2.45) is 7.05 Å². The molecule has 1 N–H and O–H groups in total. The lowest BCUT2D eigenvalue weighted by Gasteiger charge is -2.24. The number of likely N-dealkylation sites (tertiary alicyclic amines) is 1. The zero-order chi connectivity index (χ0) is 12.7. The minimum Gasteiger partial charge on any atom is -0.331 e. The quantitative estimate of drug-likeness (QED) is 0.829. The first kappa shape index (κ1) is 11.6. The molecular weight excluding hydrogens is 230 g/mol. The number of nitrogens with one attached hydrogen (secondary N) is 1. The molecule has 1 aromatic heterocycles. The number of amides is 1. The highest BCUT2D eigenvalue weighted by Crippen LogP contribution is 2.27. The summed E-state index contributed by atoms with van der Waals surface area (Å²) in [6.45, 7) is 2.82. The van der Waals surface area contributed by atoms with Gasteiger partial charge < -0.3 is 14.8 Å². The average molecular weight is 249 g/mol. The largest absolute Gasteiger partial charge is 0.331 e. The Morgan fingerprint density at radius 1 is 1.44 bits per heavy atom. The van der Waals surface area contributed by atoms with Crippen molar-refractivity contribution in [3.05, 3.63) is 12.2 Å². The van der Waals surface area contributed by atoms with Crippen molar-refractivity contribution in [1.29, 1.82) is 0 Å². The lowest BCUT2D eigenvalue weighted by atomic mass is 10.2. The fourth-order valence-corrected chi connectivity index (χ4v) is 2.59. The monoisotopic (exact) mass is 249 g/mol. The van der Waals surface area contributed by atoms with Crippen LogP contribution in [0.25, 0.3) is 0 Å². The molecule has 0 aromatic carbocycles. The summed E-state index contributed by atoms with van der Waals surface area (Å²) in [7, 11) is 1.91. The number of hydrogen-bond donors (Lipinski definition) is 1. The van der Waals surface area contributed by atoms with Crippen molar-refractivity contribution < 1.29 is 4.79 Å². The van der Waals surface area contributed by atoms with Crippen LogP contribution in [0.5, 0.6) is 0 Å². The fourth-order valence-electron chi connectivity index (χ4n) is 2.59. The molecule has 1 aromatic rings. The number of carbonyl (C=O) groups excluding carboxylic acids is 1. The molecule has 2 fully saturated rings. The minimum atomic E-state index is -0.00370. The molecule has 0 bridgehead atoms. The van der Waals surface area contributed by atoms with Crippen molar-refractivity contribution in [2.75, 3.05) is 6.54 Å². The molecule has 0 spiro atoms.